The van der Waals surface area contributed by atoms with E-state index >= 15 is 0 Å². The number of alkyl halides is 3. The smallest absolute Gasteiger partial charge is 0.342 e. The van der Waals surface area contributed by atoms with Gasteiger partial charge in [0.2, 0.25) is 11.8 Å². The Labute approximate surface area is 155 Å². The molecule has 1 atom stereocenters. The van der Waals surface area contributed by atoms with Crippen LogP contribution in [0.15, 0.2) is 54.6 Å². The number of hydrogen-bond donors (Lipinski definition) is 1. The summed E-state index contributed by atoms with van der Waals surface area (Å²) in [5.74, 6) is -0.945. The van der Waals surface area contributed by atoms with Gasteiger partial charge in [0, 0.05) is 25.2 Å². The Bertz CT molecular complexity index is 804. The van der Waals surface area contributed by atoms with E-state index in [1.54, 1.807) is 4.90 Å². The number of hydrogen-bond acceptors (Lipinski definition) is 2. The van der Waals surface area contributed by atoms with E-state index in [0.29, 0.717) is 19.5 Å². The Morgan fingerprint density at radius 2 is 1.74 bits per heavy atom. The summed E-state index contributed by atoms with van der Waals surface area (Å²) in [5, 5.41) is 2.59. The zero-order valence-electron chi connectivity index (χ0n) is 14.5. The zero-order valence-corrected chi connectivity index (χ0v) is 14.5. The maximum absolute atomic E-state index is 12.6. The lowest BCUT2D eigenvalue weighted by molar-refractivity contribution is -0.137. The molecule has 0 saturated carbocycles. The van der Waals surface area contributed by atoms with Gasteiger partial charge in [-0.1, -0.05) is 30.3 Å². The van der Waals surface area contributed by atoms with Crippen molar-refractivity contribution < 1.29 is 22.8 Å². The van der Waals surface area contributed by atoms with Crippen LogP contribution in [-0.4, -0.2) is 29.8 Å². The molecule has 0 aliphatic carbocycles. The topological polar surface area (TPSA) is 49.4 Å². The molecule has 1 heterocycles. The quantitative estimate of drug-likeness (QED) is 0.864. The van der Waals surface area contributed by atoms with Gasteiger partial charge in [-0.15, -0.1) is 0 Å². The summed E-state index contributed by atoms with van der Waals surface area (Å²) in [5.41, 5.74) is 0.620. The Morgan fingerprint density at radius 1 is 1.07 bits per heavy atom. The SMILES string of the molecule is O=C(Nc1ccc(C(F)(F)F)cc1)[C@H]1CC(=O)N(CCc2ccccc2)C1. The van der Waals surface area contributed by atoms with Gasteiger partial charge in [0.1, 0.15) is 0 Å². The minimum atomic E-state index is -4.42. The number of carbonyl (C=O) groups is 2. The lowest BCUT2D eigenvalue weighted by Crippen LogP contribution is -2.30. The molecule has 1 N–H and O–H groups in total. The first kappa shape index (κ1) is 18.9. The number of likely N-dealkylation sites (tertiary alicyclic amines) is 1. The van der Waals surface area contributed by atoms with Gasteiger partial charge in [0.25, 0.3) is 0 Å². The molecule has 0 radical (unpaired) electrons. The molecule has 0 spiro atoms. The molecule has 0 bridgehead atoms. The van der Waals surface area contributed by atoms with E-state index in [-0.39, 0.29) is 23.9 Å². The molecule has 1 aliphatic rings. The first-order chi connectivity index (χ1) is 12.8. The summed E-state index contributed by atoms with van der Waals surface area (Å²) in [6.07, 6.45) is -3.60. The maximum atomic E-state index is 12.6. The number of halogens is 3. The highest BCUT2D eigenvalue weighted by Gasteiger charge is 2.34. The van der Waals surface area contributed by atoms with Gasteiger partial charge in [-0.3, -0.25) is 9.59 Å². The second kappa shape index (κ2) is 7.82. The average Bonchev–Trinajstić information content (AvgIpc) is 3.01. The maximum Gasteiger partial charge on any atom is 0.416 e. The van der Waals surface area contributed by atoms with Crippen LogP contribution in [0.5, 0.6) is 0 Å². The van der Waals surface area contributed by atoms with Crippen molar-refractivity contribution in [3.8, 4) is 0 Å². The van der Waals surface area contributed by atoms with Crippen LogP contribution in [0, 0.1) is 5.92 Å². The fraction of sp³-hybridized carbons (Fsp3) is 0.300. The minimum Gasteiger partial charge on any atom is -0.342 e. The van der Waals surface area contributed by atoms with Gasteiger partial charge in [-0.2, -0.15) is 13.2 Å². The van der Waals surface area contributed by atoms with Crippen LogP contribution in [0.1, 0.15) is 17.5 Å². The van der Waals surface area contributed by atoms with Crippen LogP contribution in [0.4, 0.5) is 18.9 Å². The third-order valence-corrected chi connectivity index (χ3v) is 4.58. The van der Waals surface area contributed by atoms with E-state index in [1.165, 1.54) is 12.1 Å². The van der Waals surface area contributed by atoms with E-state index in [4.69, 9.17) is 0 Å². The predicted octanol–water partition coefficient (Wildman–Crippen LogP) is 3.74. The number of benzene rings is 2. The van der Waals surface area contributed by atoms with Crippen LogP contribution >= 0.6 is 0 Å². The lowest BCUT2D eigenvalue weighted by atomic mass is 10.1. The van der Waals surface area contributed by atoms with E-state index in [2.05, 4.69) is 5.32 Å². The number of rotatable bonds is 5. The fourth-order valence-corrected chi connectivity index (χ4v) is 3.06. The Morgan fingerprint density at radius 3 is 2.37 bits per heavy atom. The van der Waals surface area contributed by atoms with Gasteiger partial charge < -0.3 is 10.2 Å². The second-order valence-electron chi connectivity index (χ2n) is 6.54. The van der Waals surface area contributed by atoms with Gasteiger partial charge >= 0.3 is 6.18 Å². The molecule has 4 nitrogen and oxygen atoms in total. The van der Waals surface area contributed by atoms with Crippen molar-refractivity contribution in [1.29, 1.82) is 0 Å². The van der Waals surface area contributed by atoms with Crippen LogP contribution < -0.4 is 5.32 Å². The molecule has 1 aliphatic heterocycles. The summed E-state index contributed by atoms with van der Waals surface area (Å²) < 4.78 is 37.7. The summed E-state index contributed by atoms with van der Waals surface area (Å²) >= 11 is 0. The summed E-state index contributed by atoms with van der Waals surface area (Å²) in [4.78, 5) is 26.1. The third-order valence-electron chi connectivity index (χ3n) is 4.58. The summed E-state index contributed by atoms with van der Waals surface area (Å²) in [6.45, 7) is 0.852. The lowest BCUT2D eigenvalue weighted by Gasteiger charge is -2.16. The molecule has 7 heteroatoms. The molecule has 27 heavy (non-hydrogen) atoms. The third kappa shape index (κ3) is 4.87. The van der Waals surface area contributed by atoms with Crippen molar-refractivity contribution in [3.63, 3.8) is 0 Å². The number of nitrogens with zero attached hydrogens (tertiary/aromatic N) is 1. The normalized spacial score (nSPS) is 17.2. The minimum absolute atomic E-state index is 0.0847. The van der Waals surface area contributed by atoms with E-state index in [1.807, 2.05) is 30.3 Å². The molecule has 2 aromatic rings. The predicted molar refractivity (Wildman–Crippen MR) is 94.9 cm³/mol. The van der Waals surface area contributed by atoms with E-state index in [0.717, 1.165) is 17.7 Å². The molecule has 142 valence electrons. The molecule has 3 rings (SSSR count). The van der Waals surface area contributed by atoms with Gasteiger partial charge in [-0.05, 0) is 36.2 Å². The molecule has 2 amide bonds. The van der Waals surface area contributed by atoms with Gasteiger partial charge in [0.05, 0.1) is 11.5 Å². The van der Waals surface area contributed by atoms with Gasteiger partial charge in [-0.25, -0.2) is 0 Å². The molecule has 0 aromatic heterocycles. The van der Waals surface area contributed by atoms with Crippen LogP contribution in [0.3, 0.4) is 0 Å². The van der Waals surface area contributed by atoms with Crippen molar-refractivity contribution >= 4 is 17.5 Å². The number of nitrogens with one attached hydrogen (secondary N) is 1. The molecule has 2 aromatic carbocycles. The van der Waals surface area contributed by atoms with Gasteiger partial charge in [0.15, 0.2) is 0 Å². The number of amides is 2. The van der Waals surface area contributed by atoms with Crippen molar-refractivity contribution in [2.24, 2.45) is 5.92 Å². The Balaban J connectivity index is 1.54. The Kier molecular flexibility index (Phi) is 5.48. The summed E-state index contributed by atoms with van der Waals surface area (Å²) in [6, 6.07) is 14.0. The standard InChI is InChI=1S/C20H19F3N2O2/c21-20(22,23)16-6-8-17(9-7-16)24-19(27)15-12-18(26)25(13-15)11-10-14-4-2-1-3-5-14/h1-9,15H,10-13H2,(H,24,27)/t15-/m0/s1. The highest BCUT2D eigenvalue weighted by molar-refractivity contribution is 5.97. The number of anilines is 1. The molecular weight excluding hydrogens is 357 g/mol. The van der Waals surface area contributed by atoms with Crippen LogP contribution in [0.2, 0.25) is 0 Å². The highest BCUT2D eigenvalue weighted by atomic mass is 19.4. The zero-order chi connectivity index (χ0) is 19.4. The van der Waals surface area contributed by atoms with E-state index < -0.39 is 17.7 Å². The van der Waals surface area contributed by atoms with E-state index in [9.17, 15) is 22.8 Å². The van der Waals surface area contributed by atoms with Crippen molar-refractivity contribution in [3.05, 3.63) is 65.7 Å². The van der Waals surface area contributed by atoms with Crippen molar-refractivity contribution in [1.82, 2.24) is 4.90 Å². The largest absolute Gasteiger partial charge is 0.416 e. The monoisotopic (exact) mass is 376 g/mol. The Hall–Kier alpha value is -2.83. The molecule has 1 saturated heterocycles. The molecular formula is C20H19F3N2O2. The van der Waals surface area contributed by atoms with Crippen LogP contribution in [0.25, 0.3) is 0 Å². The average molecular weight is 376 g/mol. The van der Waals surface area contributed by atoms with Crippen molar-refractivity contribution in [2.75, 3.05) is 18.4 Å². The van der Waals surface area contributed by atoms with Crippen LogP contribution in [-0.2, 0) is 22.2 Å². The molecule has 1 fully saturated rings. The first-order valence-electron chi connectivity index (χ1n) is 8.63. The number of carbonyl (C=O) groups excluding carboxylic acids is 2. The second-order valence-corrected chi connectivity index (χ2v) is 6.54. The highest BCUT2D eigenvalue weighted by Crippen LogP contribution is 2.30. The first-order valence-corrected chi connectivity index (χ1v) is 8.63. The summed E-state index contributed by atoms with van der Waals surface area (Å²) in [7, 11) is 0. The van der Waals surface area contributed by atoms with Crippen molar-refractivity contribution in [2.45, 2.75) is 19.0 Å². The molecule has 0 unspecified atom stereocenters. The fourth-order valence-electron chi connectivity index (χ4n) is 3.06.